The molecule has 0 amide bonds. The fourth-order valence-corrected chi connectivity index (χ4v) is 3.90. The number of aliphatic imine (C=N–C) groups is 1. The summed E-state index contributed by atoms with van der Waals surface area (Å²) in [7, 11) is 0.0209. The summed E-state index contributed by atoms with van der Waals surface area (Å²) >= 11 is 0. The minimum Gasteiger partial charge on any atom is -0.491 e. The van der Waals surface area contributed by atoms with Crippen LogP contribution in [0.4, 0.5) is 0 Å². The van der Waals surface area contributed by atoms with E-state index in [-0.39, 0.29) is 36.3 Å². The second-order valence-electron chi connectivity index (χ2n) is 7.27. The van der Waals surface area contributed by atoms with Crippen LogP contribution in [0.3, 0.4) is 0 Å². The summed E-state index contributed by atoms with van der Waals surface area (Å²) < 4.78 is 37.7. The molecule has 0 saturated heterocycles. The molecule has 1 aromatic carbocycles. The van der Waals surface area contributed by atoms with Crippen LogP contribution in [0.25, 0.3) is 0 Å². The minimum atomic E-state index is -3.28. The van der Waals surface area contributed by atoms with Crippen molar-refractivity contribution in [2.24, 2.45) is 10.9 Å². The van der Waals surface area contributed by atoms with E-state index in [2.05, 4.69) is 20.3 Å². The van der Waals surface area contributed by atoms with Gasteiger partial charge < -0.3 is 20.1 Å². The highest BCUT2D eigenvalue weighted by atomic mass is 127. The van der Waals surface area contributed by atoms with E-state index in [1.165, 1.54) is 6.42 Å². The Bertz CT molecular complexity index is 770. The maximum atomic E-state index is 12.1. The molecule has 0 spiro atoms. The Labute approximate surface area is 197 Å². The minimum absolute atomic E-state index is 0. The summed E-state index contributed by atoms with van der Waals surface area (Å²) in [6, 6.07) is 6.02. The molecule has 1 aliphatic carbocycles. The van der Waals surface area contributed by atoms with Crippen molar-refractivity contribution in [3.8, 4) is 5.75 Å². The average molecular weight is 554 g/mol. The van der Waals surface area contributed by atoms with Crippen LogP contribution in [0, 0.1) is 12.8 Å². The van der Waals surface area contributed by atoms with E-state index in [0.29, 0.717) is 38.2 Å². The number of halogens is 1. The molecule has 0 aromatic heterocycles. The zero-order valence-electron chi connectivity index (χ0n) is 18.1. The second kappa shape index (κ2) is 14.0. The molecule has 1 saturated carbocycles. The van der Waals surface area contributed by atoms with Gasteiger partial charge in [-0.25, -0.2) is 13.1 Å². The van der Waals surface area contributed by atoms with Gasteiger partial charge in [0.15, 0.2) is 5.96 Å². The molecule has 30 heavy (non-hydrogen) atoms. The maximum absolute atomic E-state index is 12.1. The molecule has 0 radical (unpaired) electrons. The number of hydrogen-bond acceptors (Lipinski definition) is 5. The van der Waals surface area contributed by atoms with Crippen LogP contribution in [0.2, 0.25) is 0 Å². The van der Waals surface area contributed by atoms with Crippen LogP contribution in [0.1, 0.15) is 30.4 Å². The van der Waals surface area contributed by atoms with Gasteiger partial charge in [0.1, 0.15) is 12.4 Å². The molecular formula is C20H35IN4O4S. The lowest BCUT2D eigenvalue weighted by atomic mass is 9.86. The van der Waals surface area contributed by atoms with Crippen molar-refractivity contribution in [1.29, 1.82) is 0 Å². The van der Waals surface area contributed by atoms with E-state index in [1.54, 1.807) is 14.2 Å². The molecular weight excluding hydrogens is 519 g/mol. The van der Waals surface area contributed by atoms with Crippen molar-refractivity contribution in [2.45, 2.75) is 32.7 Å². The summed E-state index contributed by atoms with van der Waals surface area (Å²) in [5.41, 5.74) is 2.10. The molecule has 2 rings (SSSR count). The first-order valence-corrected chi connectivity index (χ1v) is 11.7. The highest BCUT2D eigenvalue weighted by molar-refractivity contribution is 14.0. The summed E-state index contributed by atoms with van der Waals surface area (Å²) in [4.78, 5) is 4.16. The van der Waals surface area contributed by atoms with Gasteiger partial charge in [-0.1, -0.05) is 18.6 Å². The van der Waals surface area contributed by atoms with Crippen molar-refractivity contribution in [1.82, 2.24) is 15.4 Å². The zero-order chi connectivity index (χ0) is 21.1. The van der Waals surface area contributed by atoms with Gasteiger partial charge in [0.05, 0.1) is 12.4 Å². The van der Waals surface area contributed by atoms with Crippen LogP contribution >= 0.6 is 24.0 Å². The van der Waals surface area contributed by atoms with Gasteiger partial charge in [-0.15, -0.1) is 24.0 Å². The molecule has 0 bridgehead atoms. The number of guanidine groups is 1. The number of nitrogens with zero attached hydrogens (tertiary/aromatic N) is 1. The summed E-state index contributed by atoms with van der Waals surface area (Å²) in [5, 5.41) is 6.26. The van der Waals surface area contributed by atoms with E-state index in [0.717, 1.165) is 29.7 Å². The Morgan fingerprint density at radius 3 is 2.63 bits per heavy atom. The number of methoxy groups -OCH3 is 1. The molecule has 0 aliphatic heterocycles. The average Bonchev–Trinajstić information content (AvgIpc) is 2.64. The molecule has 0 atom stereocenters. The van der Waals surface area contributed by atoms with Gasteiger partial charge in [-0.05, 0) is 37.3 Å². The molecule has 3 N–H and O–H groups in total. The van der Waals surface area contributed by atoms with Crippen molar-refractivity contribution in [2.75, 3.05) is 46.2 Å². The van der Waals surface area contributed by atoms with Crippen LogP contribution in [0.15, 0.2) is 23.2 Å². The van der Waals surface area contributed by atoms with Crippen molar-refractivity contribution in [3.63, 3.8) is 0 Å². The van der Waals surface area contributed by atoms with Crippen LogP contribution < -0.4 is 20.1 Å². The number of hydrogen-bond donors (Lipinski definition) is 3. The molecule has 10 heteroatoms. The number of sulfonamides is 1. The Morgan fingerprint density at radius 2 is 2.00 bits per heavy atom. The monoisotopic (exact) mass is 554 g/mol. The van der Waals surface area contributed by atoms with Gasteiger partial charge in [0, 0.05) is 39.4 Å². The molecule has 8 nitrogen and oxygen atoms in total. The number of benzene rings is 1. The second-order valence-corrected chi connectivity index (χ2v) is 9.20. The third kappa shape index (κ3) is 9.80. The lowest BCUT2D eigenvalue weighted by Crippen LogP contribution is -2.41. The van der Waals surface area contributed by atoms with Crippen LogP contribution in [0.5, 0.6) is 5.75 Å². The van der Waals surface area contributed by atoms with E-state index >= 15 is 0 Å². The third-order valence-corrected chi connectivity index (χ3v) is 6.27. The van der Waals surface area contributed by atoms with Gasteiger partial charge >= 0.3 is 0 Å². The molecule has 172 valence electrons. The number of aryl methyl sites for hydroxylation is 1. The summed E-state index contributed by atoms with van der Waals surface area (Å²) in [5.74, 6) is 1.86. The number of nitrogens with one attached hydrogen (secondary N) is 3. The fourth-order valence-electron chi connectivity index (χ4n) is 2.89. The van der Waals surface area contributed by atoms with Gasteiger partial charge in [0.2, 0.25) is 10.0 Å². The molecule has 1 aromatic rings. The predicted molar refractivity (Wildman–Crippen MR) is 131 cm³/mol. The van der Waals surface area contributed by atoms with Gasteiger partial charge in [-0.3, -0.25) is 4.99 Å². The summed E-state index contributed by atoms with van der Waals surface area (Å²) in [6.45, 7) is 4.35. The van der Waals surface area contributed by atoms with Crippen molar-refractivity contribution < 1.29 is 17.9 Å². The third-order valence-electron chi connectivity index (χ3n) is 4.92. The highest BCUT2D eigenvalue weighted by Gasteiger charge is 2.20. The van der Waals surface area contributed by atoms with Gasteiger partial charge in [0.25, 0.3) is 0 Å². The van der Waals surface area contributed by atoms with Crippen LogP contribution in [-0.4, -0.2) is 60.6 Å². The SMILES string of the molecule is CN=C(NCCS(=O)(=O)NCC1CCC1)NCc1ccc(C)cc1OCCOC.I. The van der Waals surface area contributed by atoms with Crippen molar-refractivity contribution in [3.05, 3.63) is 29.3 Å². The molecule has 0 heterocycles. The first-order chi connectivity index (χ1) is 13.9. The fraction of sp³-hybridized carbons (Fsp3) is 0.650. The van der Waals surface area contributed by atoms with E-state index in [9.17, 15) is 8.42 Å². The predicted octanol–water partition coefficient (Wildman–Crippen LogP) is 2.02. The lowest BCUT2D eigenvalue weighted by Gasteiger charge is -2.25. The largest absolute Gasteiger partial charge is 0.491 e. The lowest BCUT2D eigenvalue weighted by molar-refractivity contribution is 0.145. The Hall–Kier alpha value is -1.11. The Kier molecular flexibility index (Phi) is 12.6. The Balaban J connectivity index is 0.00000450. The first kappa shape index (κ1) is 26.9. The zero-order valence-corrected chi connectivity index (χ0v) is 21.2. The topological polar surface area (TPSA) is 101 Å². The van der Waals surface area contributed by atoms with E-state index in [1.807, 2.05) is 25.1 Å². The van der Waals surface area contributed by atoms with E-state index in [4.69, 9.17) is 9.47 Å². The molecule has 1 aliphatic rings. The normalized spacial score (nSPS) is 14.6. The first-order valence-electron chi connectivity index (χ1n) is 10.1. The highest BCUT2D eigenvalue weighted by Crippen LogP contribution is 2.25. The number of ether oxygens (including phenoxy) is 2. The van der Waals surface area contributed by atoms with Crippen LogP contribution in [-0.2, 0) is 21.3 Å². The summed E-state index contributed by atoms with van der Waals surface area (Å²) in [6.07, 6.45) is 3.44. The van der Waals surface area contributed by atoms with E-state index < -0.39 is 10.0 Å². The smallest absolute Gasteiger partial charge is 0.213 e. The molecule has 0 unspecified atom stereocenters. The quantitative estimate of drug-likeness (QED) is 0.158. The standard InChI is InChI=1S/C20H34N4O4S.HI/c1-16-7-8-18(19(13-16)28-11-10-27-3)15-23-20(21-2)22-9-12-29(25,26)24-14-17-5-4-6-17;/h7-8,13,17,24H,4-6,9-12,14-15H2,1-3H3,(H2,21,22,23);1H. The number of rotatable bonds is 12. The van der Waals surface area contributed by atoms with Crippen molar-refractivity contribution >= 4 is 40.0 Å². The Morgan fingerprint density at radius 1 is 1.23 bits per heavy atom. The van der Waals surface area contributed by atoms with Gasteiger partial charge in [-0.2, -0.15) is 0 Å². The molecule has 1 fully saturated rings. The maximum Gasteiger partial charge on any atom is 0.213 e.